The zero-order valence-electron chi connectivity index (χ0n) is 7.39. The van der Waals surface area contributed by atoms with Crippen LogP contribution in [0.1, 0.15) is 0 Å². The van der Waals surface area contributed by atoms with Gasteiger partial charge in [-0.1, -0.05) is 0 Å². The van der Waals surface area contributed by atoms with Crippen molar-refractivity contribution in [1.29, 1.82) is 0 Å². The van der Waals surface area contributed by atoms with Gasteiger partial charge in [0.05, 0.1) is 18.0 Å². The average Bonchev–Trinajstić information content (AvgIpc) is 2.13. The summed E-state index contributed by atoms with van der Waals surface area (Å²) in [6, 6.07) is 6.15. The smallest absolute Gasteiger partial charge is 0.269 e. The van der Waals surface area contributed by atoms with Crippen molar-refractivity contribution in [3.05, 3.63) is 34.4 Å². The van der Waals surface area contributed by atoms with E-state index in [2.05, 4.69) is 0 Å². The van der Waals surface area contributed by atoms with Crippen LogP contribution in [0, 0.1) is 10.1 Å². The summed E-state index contributed by atoms with van der Waals surface area (Å²) in [6.07, 6.45) is -0.759. The van der Waals surface area contributed by atoms with E-state index in [1.807, 2.05) is 4.90 Å². The number of halogens is 1. The number of nitro benzene ring substituents is 1. The monoisotopic (exact) mass is 196 g/mol. The first-order valence-corrected chi connectivity index (χ1v) is 4.30. The van der Waals surface area contributed by atoms with E-state index in [9.17, 15) is 14.5 Å². The van der Waals surface area contributed by atoms with Crippen LogP contribution in [0.4, 0.5) is 15.8 Å². The second kappa shape index (κ2) is 3.25. The molecule has 1 aromatic rings. The summed E-state index contributed by atoms with van der Waals surface area (Å²) in [4.78, 5) is 11.7. The number of benzene rings is 1. The molecule has 0 aliphatic carbocycles. The molecule has 0 unspecified atom stereocenters. The third-order valence-electron chi connectivity index (χ3n) is 2.26. The second-order valence-corrected chi connectivity index (χ2v) is 3.28. The van der Waals surface area contributed by atoms with Gasteiger partial charge in [-0.05, 0) is 12.1 Å². The predicted octanol–water partition coefficient (Wildman–Crippen LogP) is 1.75. The zero-order valence-corrected chi connectivity index (χ0v) is 7.39. The van der Waals surface area contributed by atoms with Gasteiger partial charge in [0.15, 0.2) is 0 Å². The lowest BCUT2D eigenvalue weighted by Crippen LogP contribution is -2.48. The van der Waals surface area contributed by atoms with Gasteiger partial charge in [-0.2, -0.15) is 0 Å². The first kappa shape index (κ1) is 8.93. The van der Waals surface area contributed by atoms with Crippen molar-refractivity contribution >= 4 is 11.4 Å². The van der Waals surface area contributed by atoms with Crippen molar-refractivity contribution < 1.29 is 9.31 Å². The van der Waals surface area contributed by atoms with E-state index in [1.165, 1.54) is 12.1 Å². The number of non-ortho nitro benzene ring substituents is 1. The van der Waals surface area contributed by atoms with Crippen LogP contribution in [0.25, 0.3) is 0 Å². The van der Waals surface area contributed by atoms with E-state index in [4.69, 9.17) is 0 Å². The summed E-state index contributed by atoms with van der Waals surface area (Å²) < 4.78 is 12.5. The van der Waals surface area contributed by atoms with Gasteiger partial charge >= 0.3 is 0 Å². The van der Waals surface area contributed by atoms with Gasteiger partial charge in [0.1, 0.15) is 6.17 Å². The molecule has 0 radical (unpaired) electrons. The molecular formula is C9H9FN2O2. The standard InChI is InChI=1S/C9H9FN2O2/c10-7-5-11(6-7)8-1-3-9(4-2-8)12(13)14/h1-4,7H,5-6H2. The Bertz CT molecular complexity index is 346. The highest BCUT2D eigenvalue weighted by Crippen LogP contribution is 2.24. The van der Waals surface area contributed by atoms with Crippen LogP contribution >= 0.6 is 0 Å². The third kappa shape index (κ3) is 1.53. The number of hydrogen-bond donors (Lipinski definition) is 0. The van der Waals surface area contributed by atoms with E-state index in [1.54, 1.807) is 12.1 Å². The maximum atomic E-state index is 12.5. The molecule has 1 aromatic carbocycles. The summed E-state index contributed by atoms with van der Waals surface area (Å²) in [7, 11) is 0. The number of anilines is 1. The Kier molecular flexibility index (Phi) is 2.07. The van der Waals surface area contributed by atoms with Gasteiger partial charge in [-0.3, -0.25) is 10.1 Å². The SMILES string of the molecule is O=[N+]([O-])c1ccc(N2CC(F)C2)cc1. The summed E-state index contributed by atoms with van der Waals surface area (Å²) >= 11 is 0. The fraction of sp³-hybridized carbons (Fsp3) is 0.333. The molecule has 1 fully saturated rings. The molecule has 5 heteroatoms. The van der Waals surface area contributed by atoms with Gasteiger partial charge in [0.2, 0.25) is 0 Å². The van der Waals surface area contributed by atoms with Gasteiger partial charge in [0, 0.05) is 17.8 Å². The van der Waals surface area contributed by atoms with Gasteiger partial charge in [-0.25, -0.2) is 4.39 Å². The number of rotatable bonds is 2. The Morgan fingerprint density at radius 1 is 1.36 bits per heavy atom. The highest BCUT2D eigenvalue weighted by atomic mass is 19.1. The molecule has 1 saturated heterocycles. The Morgan fingerprint density at radius 2 is 1.93 bits per heavy atom. The number of nitrogens with zero attached hydrogens (tertiary/aromatic N) is 2. The Labute approximate surface area is 80.1 Å². The van der Waals surface area contributed by atoms with Crippen LogP contribution in [-0.2, 0) is 0 Å². The molecule has 4 nitrogen and oxygen atoms in total. The molecule has 0 N–H and O–H groups in total. The zero-order chi connectivity index (χ0) is 10.1. The molecular weight excluding hydrogens is 187 g/mol. The summed E-state index contributed by atoms with van der Waals surface area (Å²) in [5, 5.41) is 10.3. The summed E-state index contributed by atoms with van der Waals surface area (Å²) in [5.74, 6) is 0. The van der Waals surface area contributed by atoms with Crippen molar-refractivity contribution in [3.63, 3.8) is 0 Å². The number of nitro groups is 1. The second-order valence-electron chi connectivity index (χ2n) is 3.28. The minimum Gasteiger partial charge on any atom is -0.366 e. The van der Waals surface area contributed by atoms with Crippen LogP contribution in [-0.4, -0.2) is 24.2 Å². The third-order valence-corrected chi connectivity index (χ3v) is 2.26. The topological polar surface area (TPSA) is 46.4 Å². The molecule has 0 bridgehead atoms. The van der Waals surface area contributed by atoms with Crippen LogP contribution in [0.2, 0.25) is 0 Å². The molecule has 0 saturated carbocycles. The highest BCUT2D eigenvalue weighted by Gasteiger charge is 2.26. The van der Waals surface area contributed by atoms with Crippen LogP contribution in [0.15, 0.2) is 24.3 Å². The number of alkyl halides is 1. The van der Waals surface area contributed by atoms with Crippen LogP contribution < -0.4 is 4.90 Å². The molecule has 1 heterocycles. The Balaban J connectivity index is 2.10. The minimum atomic E-state index is -0.759. The lowest BCUT2D eigenvalue weighted by atomic mass is 10.1. The summed E-state index contributed by atoms with van der Waals surface area (Å²) in [5.41, 5.74) is 0.899. The maximum Gasteiger partial charge on any atom is 0.269 e. The molecule has 0 amide bonds. The van der Waals surface area contributed by atoms with Gasteiger partial charge in [-0.15, -0.1) is 0 Å². The molecule has 2 rings (SSSR count). The lowest BCUT2D eigenvalue weighted by molar-refractivity contribution is -0.384. The van der Waals surface area contributed by atoms with E-state index in [0.29, 0.717) is 13.1 Å². The van der Waals surface area contributed by atoms with Crippen molar-refractivity contribution in [1.82, 2.24) is 0 Å². The van der Waals surface area contributed by atoms with Gasteiger partial charge in [0.25, 0.3) is 5.69 Å². The minimum absolute atomic E-state index is 0.0612. The normalized spacial score (nSPS) is 16.5. The molecule has 1 aliphatic rings. The van der Waals surface area contributed by atoms with E-state index >= 15 is 0 Å². The first-order valence-electron chi connectivity index (χ1n) is 4.30. The van der Waals surface area contributed by atoms with E-state index in [-0.39, 0.29) is 5.69 Å². The molecule has 0 aromatic heterocycles. The van der Waals surface area contributed by atoms with Crippen molar-refractivity contribution in [2.45, 2.75) is 6.17 Å². The van der Waals surface area contributed by atoms with Crippen molar-refractivity contribution in [2.75, 3.05) is 18.0 Å². The van der Waals surface area contributed by atoms with Gasteiger partial charge < -0.3 is 4.90 Å². The van der Waals surface area contributed by atoms with Crippen LogP contribution in [0.3, 0.4) is 0 Å². The average molecular weight is 196 g/mol. The first-order chi connectivity index (χ1) is 6.66. The van der Waals surface area contributed by atoms with E-state index < -0.39 is 11.1 Å². The quantitative estimate of drug-likeness (QED) is 0.534. The predicted molar refractivity (Wildman–Crippen MR) is 50.2 cm³/mol. The largest absolute Gasteiger partial charge is 0.366 e. The fourth-order valence-corrected chi connectivity index (χ4v) is 1.42. The molecule has 14 heavy (non-hydrogen) atoms. The number of hydrogen-bond acceptors (Lipinski definition) is 3. The maximum absolute atomic E-state index is 12.5. The van der Waals surface area contributed by atoms with Crippen molar-refractivity contribution in [3.8, 4) is 0 Å². The van der Waals surface area contributed by atoms with Crippen molar-refractivity contribution in [2.24, 2.45) is 0 Å². The molecule has 0 atom stereocenters. The van der Waals surface area contributed by atoms with Crippen LogP contribution in [0.5, 0.6) is 0 Å². The molecule has 74 valence electrons. The molecule has 0 spiro atoms. The fourth-order valence-electron chi connectivity index (χ4n) is 1.42. The Morgan fingerprint density at radius 3 is 2.36 bits per heavy atom. The summed E-state index contributed by atoms with van der Waals surface area (Å²) in [6.45, 7) is 0.773. The van der Waals surface area contributed by atoms with E-state index in [0.717, 1.165) is 5.69 Å². The highest BCUT2D eigenvalue weighted by molar-refractivity contribution is 5.52. The Hall–Kier alpha value is -1.65. The molecule has 1 aliphatic heterocycles. The lowest BCUT2D eigenvalue weighted by Gasteiger charge is -2.36.